The first-order chi connectivity index (χ1) is 6.18. The fourth-order valence-electron chi connectivity index (χ4n) is 2.71. The van der Waals surface area contributed by atoms with Gasteiger partial charge in [0.2, 0.25) is 5.91 Å². The molecule has 2 fully saturated rings. The van der Waals surface area contributed by atoms with Crippen LogP contribution in [0.5, 0.6) is 0 Å². The van der Waals surface area contributed by atoms with E-state index in [0.717, 1.165) is 19.3 Å². The first-order valence-corrected chi connectivity index (χ1v) is 5.01. The first kappa shape index (κ1) is 8.73. The highest BCUT2D eigenvalue weighted by atomic mass is 16.1. The molecule has 3 heteroatoms. The van der Waals surface area contributed by atoms with E-state index in [0.29, 0.717) is 18.6 Å². The fourth-order valence-corrected chi connectivity index (χ4v) is 2.71. The van der Waals surface area contributed by atoms with Crippen LogP contribution in [0.2, 0.25) is 0 Å². The van der Waals surface area contributed by atoms with Crippen LogP contribution < -0.4 is 5.73 Å². The Labute approximate surface area is 77.7 Å². The van der Waals surface area contributed by atoms with E-state index < -0.39 is 0 Å². The maximum atomic E-state index is 11.6. The van der Waals surface area contributed by atoms with Crippen LogP contribution in [0.25, 0.3) is 0 Å². The quantitative estimate of drug-likeness (QED) is 0.652. The van der Waals surface area contributed by atoms with Gasteiger partial charge >= 0.3 is 0 Å². The summed E-state index contributed by atoms with van der Waals surface area (Å²) in [7, 11) is 0. The van der Waals surface area contributed by atoms with Gasteiger partial charge in [0.25, 0.3) is 0 Å². The molecule has 2 aliphatic carbocycles. The number of fused-ring (bicyclic) bond motifs is 2. The normalized spacial score (nSPS) is 38.8. The van der Waals surface area contributed by atoms with E-state index in [4.69, 9.17) is 5.73 Å². The summed E-state index contributed by atoms with van der Waals surface area (Å²) in [5, 5.41) is 0. The minimum atomic E-state index is -0.218. The van der Waals surface area contributed by atoms with Crippen LogP contribution in [0, 0.1) is 17.8 Å². The van der Waals surface area contributed by atoms with Crippen molar-refractivity contribution in [2.75, 3.05) is 0 Å². The molecule has 2 rings (SSSR count). The zero-order valence-corrected chi connectivity index (χ0v) is 7.66. The monoisotopic (exact) mass is 181 g/mol. The number of Topliss-reactive ketones (excluding diaryl/α,β-unsaturated/α-hetero) is 1. The Hall–Kier alpha value is -0.860. The minimum absolute atomic E-state index is 0.0343. The largest absolute Gasteiger partial charge is 0.369 e. The van der Waals surface area contributed by atoms with Crippen molar-refractivity contribution < 1.29 is 9.59 Å². The molecular formula is C10H15NO2. The van der Waals surface area contributed by atoms with E-state index in [9.17, 15) is 9.59 Å². The molecule has 2 N–H and O–H groups in total. The Morgan fingerprint density at radius 1 is 1.23 bits per heavy atom. The lowest BCUT2D eigenvalue weighted by molar-refractivity contribution is -0.136. The summed E-state index contributed by atoms with van der Waals surface area (Å²) in [5.41, 5.74) is 5.27. The molecule has 0 aromatic rings. The molecule has 2 bridgehead atoms. The molecule has 2 atom stereocenters. The Kier molecular flexibility index (Phi) is 2.10. The molecule has 13 heavy (non-hydrogen) atoms. The lowest BCUT2D eigenvalue weighted by Gasteiger charge is -2.36. The van der Waals surface area contributed by atoms with Gasteiger partial charge in [-0.3, -0.25) is 9.59 Å². The number of ketones is 1. The van der Waals surface area contributed by atoms with Crippen molar-refractivity contribution in [2.45, 2.75) is 32.1 Å². The van der Waals surface area contributed by atoms with Crippen LogP contribution in [0.3, 0.4) is 0 Å². The number of primary amides is 1. The molecule has 0 aliphatic heterocycles. The van der Waals surface area contributed by atoms with Crippen molar-refractivity contribution in [3.05, 3.63) is 0 Å². The average molecular weight is 181 g/mol. The van der Waals surface area contributed by atoms with E-state index in [1.54, 1.807) is 0 Å². The van der Waals surface area contributed by atoms with Gasteiger partial charge in [0.1, 0.15) is 5.78 Å². The molecule has 2 saturated carbocycles. The van der Waals surface area contributed by atoms with Crippen LogP contribution in [0.15, 0.2) is 0 Å². The predicted molar refractivity (Wildman–Crippen MR) is 47.8 cm³/mol. The van der Waals surface area contributed by atoms with Gasteiger partial charge in [-0.05, 0) is 25.7 Å². The Morgan fingerprint density at radius 2 is 1.77 bits per heavy atom. The van der Waals surface area contributed by atoms with Crippen LogP contribution in [-0.4, -0.2) is 11.7 Å². The molecule has 3 nitrogen and oxygen atoms in total. The number of hydrogen-bond acceptors (Lipinski definition) is 2. The predicted octanol–water partition coefficient (Wildman–Crippen LogP) is 0.867. The number of amides is 1. The summed E-state index contributed by atoms with van der Waals surface area (Å²) < 4.78 is 0. The van der Waals surface area contributed by atoms with Gasteiger partial charge in [-0.25, -0.2) is 0 Å². The molecule has 0 aromatic heterocycles. The van der Waals surface area contributed by atoms with Crippen LogP contribution in [-0.2, 0) is 9.59 Å². The third kappa shape index (κ3) is 1.47. The second kappa shape index (κ2) is 3.13. The molecule has 0 radical (unpaired) electrons. The Balaban J connectivity index is 2.11. The highest BCUT2D eigenvalue weighted by Crippen LogP contribution is 2.39. The van der Waals surface area contributed by atoms with Crippen molar-refractivity contribution in [3.8, 4) is 0 Å². The second-order valence-corrected chi connectivity index (χ2v) is 4.30. The van der Waals surface area contributed by atoms with Crippen LogP contribution >= 0.6 is 0 Å². The van der Waals surface area contributed by atoms with Crippen molar-refractivity contribution in [1.29, 1.82) is 0 Å². The highest BCUT2D eigenvalue weighted by molar-refractivity contribution is 5.87. The Bertz CT molecular complexity index is 233. The molecule has 72 valence electrons. The smallest absolute Gasteiger partial charge is 0.220 e. The zero-order valence-electron chi connectivity index (χ0n) is 7.66. The Morgan fingerprint density at radius 3 is 2.23 bits per heavy atom. The summed E-state index contributed by atoms with van der Waals surface area (Å²) in [5.74, 6) is 0.427. The number of carbonyl (C=O) groups is 2. The van der Waals surface area contributed by atoms with Crippen molar-refractivity contribution in [2.24, 2.45) is 23.5 Å². The summed E-state index contributed by atoms with van der Waals surface area (Å²) in [6.45, 7) is 0. The van der Waals surface area contributed by atoms with Gasteiger partial charge < -0.3 is 5.73 Å². The molecule has 0 aromatic carbocycles. The van der Waals surface area contributed by atoms with Gasteiger partial charge in [-0.2, -0.15) is 0 Å². The van der Waals surface area contributed by atoms with E-state index in [1.807, 2.05) is 0 Å². The summed E-state index contributed by atoms with van der Waals surface area (Å²) in [6.07, 6.45) is 4.51. The van der Waals surface area contributed by atoms with Crippen molar-refractivity contribution >= 4 is 11.7 Å². The second-order valence-electron chi connectivity index (χ2n) is 4.30. The molecule has 0 heterocycles. The minimum Gasteiger partial charge on any atom is -0.369 e. The van der Waals surface area contributed by atoms with Crippen LogP contribution in [0.1, 0.15) is 32.1 Å². The van der Waals surface area contributed by atoms with Gasteiger partial charge in [0.05, 0.1) is 0 Å². The number of nitrogens with two attached hydrogens (primary N) is 1. The molecule has 1 amide bonds. The molecule has 2 aliphatic rings. The third-order valence-corrected chi connectivity index (χ3v) is 3.45. The maximum absolute atomic E-state index is 11.6. The van der Waals surface area contributed by atoms with Gasteiger partial charge in [-0.15, -0.1) is 0 Å². The average Bonchev–Trinajstić information content (AvgIpc) is 2.02. The van der Waals surface area contributed by atoms with Gasteiger partial charge in [0.15, 0.2) is 0 Å². The molecule has 0 spiro atoms. The lowest BCUT2D eigenvalue weighted by Crippen LogP contribution is -2.40. The highest BCUT2D eigenvalue weighted by Gasteiger charge is 2.40. The van der Waals surface area contributed by atoms with Gasteiger partial charge in [-0.1, -0.05) is 6.42 Å². The number of carbonyl (C=O) groups excluding carboxylic acids is 2. The van der Waals surface area contributed by atoms with Crippen LogP contribution in [0.4, 0.5) is 0 Å². The fraction of sp³-hybridized carbons (Fsp3) is 0.800. The summed E-state index contributed by atoms with van der Waals surface area (Å²) >= 11 is 0. The first-order valence-electron chi connectivity index (χ1n) is 5.01. The standard InChI is InChI=1S/C10H15NO2/c11-10(13)8-4-6-2-1-3-7(5-8)9(6)12/h6-8H,1-5H2,(H2,11,13). The summed E-state index contributed by atoms with van der Waals surface area (Å²) in [6, 6.07) is 0. The maximum Gasteiger partial charge on any atom is 0.220 e. The number of hydrogen-bond donors (Lipinski definition) is 1. The topological polar surface area (TPSA) is 60.2 Å². The van der Waals surface area contributed by atoms with E-state index in [-0.39, 0.29) is 23.7 Å². The van der Waals surface area contributed by atoms with E-state index in [2.05, 4.69) is 0 Å². The molecule has 2 unspecified atom stereocenters. The number of rotatable bonds is 1. The SMILES string of the molecule is NC(=O)C1CC2CCCC(C1)C2=O. The lowest BCUT2D eigenvalue weighted by atomic mass is 9.67. The van der Waals surface area contributed by atoms with Crippen molar-refractivity contribution in [1.82, 2.24) is 0 Å². The van der Waals surface area contributed by atoms with Gasteiger partial charge in [0, 0.05) is 17.8 Å². The third-order valence-electron chi connectivity index (χ3n) is 3.45. The van der Waals surface area contributed by atoms with E-state index >= 15 is 0 Å². The zero-order chi connectivity index (χ0) is 9.42. The molecular weight excluding hydrogens is 166 g/mol. The summed E-state index contributed by atoms with van der Waals surface area (Å²) in [4.78, 5) is 22.6. The van der Waals surface area contributed by atoms with E-state index in [1.165, 1.54) is 0 Å². The van der Waals surface area contributed by atoms with Crippen molar-refractivity contribution in [3.63, 3.8) is 0 Å². The molecule has 0 saturated heterocycles.